The summed E-state index contributed by atoms with van der Waals surface area (Å²) in [5, 5.41) is 16.7. The van der Waals surface area contributed by atoms with Gasteiger partial charge in [0.25, 0.3) is 5.91 Å². The molecule has 1 aromatic rings. The second-order valence-electron chi connectivity index (χ2n) is 3.61. The zero-order valence-corrected chi connectivity index (χ0v) is 10.6. The van der Waals surface area contributed by atoms with Crippen molar-refractivity contribution in [3.05, 3.63) is 35.9 Å². The van der Waals surface area contributed by atoms with Crippen molar-refractivity contribution in [3.63, 3.8) is 0 Å². The maximum absolute atomic E-state index is 11.7. The lowest BCUT2D eigenvalue weighted by molar-refractivity contribution is -0.146. The summed E-state index contributed by atoms with van der Waals surface area (Å²) in [5.41, 5.74) is -0.0141. The van der Waals surface area contributed by atoms with Crippen LogP contribution in [0.1, 0.15) is 23.2 Å². The van der Waals surface area contributed by atoms with Gasteiger partial charge in [-0.3, -0.25) is 19.7 Å². The Balaban J connectivity index is 0.000000433. The topological polar surface area (TPSA) is 104 Å². The molecule has 0 radical (unpaired) electrons. The Labute approximate surface area is 117 Å². The predicted molar refractivity (Wildman–Crippen MR) is 64.5 cm³/mol. The van der Waals surface area contributed by atoms with E-state index >= 15 is 0 Å². The Morgan fingerprint density at radius 1 is 0.952 bits per heavy atom. The molecule has 21 heavy (non-hydrogen) atoms. The van der Waals surface area contributed by atoms with Gasteiger partial charge >= 0.3 is 18.2 Å². The molecule has 0 aromatic heterocycles. The summed E-state index contributed by atoms with van der Waals surface area (Å²) in [6, 6.07) is 7.21. The SMILES string of the molecule is O=C(NC(F)(F)F)c1ccccc1.O=C(O)CCC(=O)O. The molecule has 0 saturated heterocycles. The lowest BCUT2D eigenvalue weighted by Gasteiger charge is -2.07. The van der Waals surface area contributed by atoms with Crippen LogP contribution in [0.4, 0.5) is 13.2 Å². The number of alkyl halides is 3. The number of hydrogen-bond donors (Lipinski definition) is 3. The van der Waals surface area contributed by atoms with E-state index in [2.05, 4.69) is 0 Å². The molecule has 0 unspecified atom stereocenters. The van der Waals surface area contributed by atoms with E-state index in [9.17, 15) is 27.6 Å². The van der Waals surface area contributed by atoms with Crippen LogP contribution in [0.15, 0.2) is 30.3 Å². The first-order chi connectivity index (χ1) is 9.61. The van der Waals surface area contributed by atoms with Crippen molar-refractivity contribution < 1.29 is 37.8 Å². The van der Waals surface area contributed by atoms with Gasteiger partial charge in [-0.05, 0) is 12.1 Å². The van der Waals surface area contributed by atoms with Crippen molar-refractivity contribution in [1.29, 1.82) is 0 Å². The first kappa shape index (κ1) is 18.4. The largest absolute Gasteiger partial charge is 0.484 e. The zero-order chi connectivity index (χ0) is 16.5. The molecule has 0 aliphatic carbocycles. The molecule has 1 amide bonds. The molecule has 3 N–H and O–H groups in total. The van der Waals surface area contributed by atoms with Crippen LogP contribution < -0.4 is 5.32 Å². The second-order valence-corrected chi connectivity index (χ2v) is 3.61. The minimum Gasteiger partial charge on any atom is -0.481 e. The highest BCUT2D eigenvalue weighted by molar-refractivity contribution is 5.94. The van der Waals surface area contributed by atoms with Gasteiger partial charge in [0.05, 0.1) is 12.8 Å². The van der Waals surface area contributed by atoms with E-state index < -0.39 is 24.1 Å². The maximum atomic E-state index is 11.7. The Morgan fingerprint density at radius 3 is 1.71 bits per heavy atom. The average Bonchev–Trinajstić information content (AvgIpc) is 2.36. The molecular formula is C12H12F3NO5. The van der Waals surface area contributed by atoms with Crippen LogP contribution in [0.2, 0.25) is 0 Å². The standard InChI is InChI=1S/C8H6F3NO.C4H6O4/c9-8(10,11)12-7(13)6-4-2-1-3-5-6;5-3(6)1-2-4(7)8/h1-5H,(H,12,13);1-2H2,(H,5,6)(H,7,8). The van der Waals surface area contributed by atoms with Gasteiger partial charge in [0.1, 0.15) is 0 Å². The molecule has 0 bridgehead atoms. The van der Waals surface area contributed by atoms with Gasteiger partial charge in [0.2, 0.25) is 0 Å². The third kappa shape index (κ3) is 11.0. The van der Waals surface area contributed by atoms with Gasteiger partial charge in [-0.15, -0.1) is 0 Å². The summed E-state index contributed by atoms with van der Waals surface area (Å²) in [6.07, 6.45) is -5.27. The maximum Gasteiger partial charge on any atom is 0.484 e. The van der Waals surface area contributed by atoms with Crippen LogP contribution in [0, 0.1) is 0 Å². The highest BCUT2D eigenvalue weighted by Gasteiger charge is 2.30. The van der Waals surface area contributed by atoms with Crippen LogP contribution in [-0.2, 0) is 9.59 Å². The summed E-state index contributed by atoms with van der Waals surface area (Å²) in [5.74, 6) is -3.30. The van der Waals surface area contributed by atoms with Crippen LogP contribution >= 0.6 is 0 Å². The summed E-state index contributed by atoms with van der Waals surface area (Å²) < 4.78 is 35.0. The molecule has 0 heterocycles. The Kier molecular flexibility index (Phi) is 7.51. The molecule has 0 atom stereocenters. The number of amides is 1. The number of hydrogen-bond acceptors (Lipinski definition) is 3. The Hall–Kier alpha value is -2.58. The normalized spacial score (nSPS) is 10.0. The molecule has 0 fully saturated rings. The number of nitrogens with one attached hydrogen (secondary N) is 1. The van der Waals surface area contributed by atoms with Crippen molar-refractivity contribution in [3.8, 4) is 0 Å². The van der Waals surface area contributed by atoms with Crippen molar-refractivity contribution in [2.75, 3.05) is 0 Å². The number of benzene rings is 1. The first-order valence-corrected chi connectivity index (χ1v) is 5.49. The molecule has 0 saturated carbocycles. The van der Waals surface area contributed by atoms with E-state index in [1.54, 1.807) is 6.07 Å². The lowest BCUT2D eigenvalue weighted by atomic mass is 10.2. The van der Waals surface area contributed by atoms with Gasteiger partial charge in [0.15, 0.2) is 0 Å². The quantitative estimate of drug-likeness (QED) is 0.737. The van der Waals surface area contributed by atoms with Gasteiger partial charge in [-0.2, -0.15) is 13.2 Å². The van der Waals surface area contributed by atoms with Crippen molar-refractivity contribution in [2.45, 2.75) is 19.1 Å². The van der Waals surface area contributed by atoms with Gasteiger partial charge in [-0.25, -0.2) is 0 Å². The molecule has 0 aliphatic heterocycles. The molecule has 9 heteroatoms. The highest BCUT2D eigenvalue weighted by Crippen LogP contribution is 2.11. The van der Waals surface area contributed by atoms with Gasteiger partial charge in [-0.1, -0.05) is 18.2 Å². The fourth-order valence-corrected chi connectivity index (χ4v) is 1.00. The van der Waals surface area contributed by atoms with Crippen LogP contribution in [0.3, 0.4) is 0 Å². The summed E-state index contributed by atoms with van der Waals surface area (Å²) in [7, 11) is 0. The van der Waals surface area contributed by atoms with Gasteiger partial charge in [0, 0.05) is 5.56 Å². The van der Waals surface area contributed by atoms with Crippen molar-refractivity contribution >= 4 is 17.8 Å². The molecule has 1 aromatic carbocycles. The van der Waals surface area contributed by atoms with Gasteiger partial charge < -0.3 is 10.2 Å². The van der Waals surface area contributed by atoms with E-state index in [-0.39, 0.29) is 18.4 Å². The first-order valence-electron chi connectivity index (χ1n) is 5.49. The van der Waals surface area contributed by atoms with Crippen LogP contribution in [0.5, 0.6) is 0 Å². The molecule has 6 nitrogen and oxygen atoms in total. The summed E-state index contributed by atoms with van der Waals surface area (Å²) in [6.45, 7) is 0. The number of carbonyl (C=O) groups excluding carboxylic acids is 1. The summed E-state index contributed by atoms with van der Waals surface area (Å²) >= 11 is 0. The minimum atomic E-state index is -4.67. The third-order valence-electron chi connectivity index (χ3n) is 1.84. The van der Waals surface area contributed by atoms with Crippen LogP contribution in [-0.4, -0.2) is 34.4 Å². The minimum absolute atomic E-state index is 0.0141. The van der Waals surface area contributed by atoms with Crippen molar-refractivity contribution in [1.82, 2.24) is 5.32 Å². The van der Waals surface area contributed by atoms with E-state index in [1.165, 1.54) is 24.3 Å². The molecule has 0 spiro atoms. The number of rotatable bonds is 4. The molecule has 1 rings (SSSR count). The zero-order valence-electron chi connectivity index (χ0n) is 10.6. The smallest absolute Gasteiger partial charge is 0.481 e. The van der Waals surface area contributed by atoms with E-state index in [0.717, 1.165) is 5.32 Å². The Morgan fingerprint density at radius 2 is 1.38 bits per heavy atom. The van der Waals surface area contributed by atoms with E-state index in [0.29, 0.717) is 0 Å². The fraction of sp³-hybridized carbons (Fsp3) is 0.250. The number of carboxylic acids is 2. The van der Waals surface area contributed by atoms with E-state index in [4.69, 9.17) is 10.2 Å². The fourth-order valence-electron chi connectivity index (χ4n) is 1.00. The molecular weight excluding hydrogens is 295 g/mol. The van der Waals surface area contributed by atoms with Crippen molar-refractivity contribution in [2.24, 2.45) is 0 Å². The monoisotopic (exact) mass is 307 g/mol. The highest BCUT2D eigenvalue weighted by atomic mass is 19.4. The number of halogens is 3. The average molecular weight is 307 g/mol. The number of aliphatic carboxylic acids is 2. The number of carbonyl (C=O) groups is 3. The van der Waals surface area contributed by atoms with E-state index in [1.807, 2.05) is 0 Å². The number of carboxylic acid groups (broad SMARTS) is 2. The molecule has 116 valence electrons. The Bertz CT molecular complexity index is 473. The molecule has 0 aliphatic rings. The predicted octanol–water partition coefficient (Wildman–Crippen LogP) is 1.87. The third-order valence-corrected chi connectivity index (χ3v) is 1.84. The van der Waals surface area contributed by atoms with Crippen LogP contribution in [0.25, 0.3) is 0 Å². The summed E-state index contributed by atoms with van der Waals surface area (Å²) in [4.78, 5) is 30.1. The lowest BCUT2D eigenvalue weighted by Crippen LogP contribution is -2.37. The second kappa shape index (κ2) is 8.56.